The first-order valence-corrected chi connectivity index (χ1v) is 8.83. The zero-order valence-electron chi connectivity index (χ0n) is 14.0. The molecule has 2 aliphatic rings. The molecule has 1 fully saturated rings. The number of nitrogens with one attached hydrogen (secondary N) is 2. The average Bonchev–Trinajstić information content (AvgIpc) is 3.14. The van der Waals surface area contributed by atoms with Gasteiger partial charge < -0.3 is 19.6 Å². The molecule has 1 atom stereocenters. The number of hydrogen-bond acceptors (Lipinski definition) is 4. The fourth-order valence-electron chi connectivity index (χ4n) is 3.25. The molecule has 3 heterocycles. The third kappa shape index (κ3) is 3.60. The monoisotopic (exact) mass is 342 g/mol. The molecule has 7 nitrogen and oxygen atoms in total. The van der Waals surface area contributed by atoms with Crippen molar-refractivity contribution in [3.05, 3.63) is 41.9 Å². The second kappa shape index (κ2) is 6.74. The Hall–Kier alpha value is -2.57. The van der Waals surface area contributed by atoms with Gasteiger partial charge in [0.25, 0.3) is 5.91 Å². The number of amides is 2. The highest BCUT2D eigenvalue weighted by Crippen LogP contribution is 2.28. The molecule has 25 heavy (non-hydrogen) atoms. The van der Waals surface area contributed by atoms with Gasteiger partial charge in [0.05, 0.1) is 30.7 Å². The molecule has 2 aromatic heterocycles. The van der Waals surface area contributed by atoms with E-state index >= 15 is 0 Å². The van der Waals surface area contributed by atoms with Crippen LogP contribution in [0.2, 0.25) is 0 Å². The summed E-state index contributed by atoms with van der Waals surface area (Å²) in [6, 6.07) is 3.60. The van der Waals surface area contributed by atoms with Crippen molar-refractivity contribution in [3.8, 4) is 0 Å². The number of imidazole rings is 1. The molecule has 0 spiro atoms. The summed E-state index contributed by atoms with van der Waals surface area (Å²) < 4.78 is 7.15. The molecule has 0 aromatic carbocycles. The summed E-state index contributed by atoms with van der Waals surface area (Å²) in [5, 5.41) is 5.87. The summed E-state index contributed by atoms with van der Waals surface area (Å²) in [5.74, 6) is 1.26. The highest BCUT2D eigenvalue weighted by atomic mass is 16.3. The second-order valence-corrected chi connectivity index (χ2v) is 6.88. The lowest BCUT2D eigenvalue weighted by atomic mass is 9.96. The molecule has 2 amide bonds. The maximum atomic E-state index is 12.4. The van der Waals surface area contributed by atoms with E-state index in [9.17, 15) is 9.59 Å². The third-order valence-corrected chi connectivity index (χ3v) is 4.94. The summed E-state index contributed by atoms with van der Waals surface area (Å²) >= 11 is 0. The summed E-state index contributed by atoms with van der Waals surface area (Å²) in [5.41, 5.74) is 1.35. The summed E-state index contributed by atoms with van der Waals surface area (Å²) in [7, 11) is 0. The molecule has 1 saturated carbocycles. The standard InChI is InChI=1S/C18H22N4O3/c23-17(19-8-12-3-4-12)13-5-6-15-16(21-11-22(15)10-13)18(24)20-9-14-2-1-7-25-14/h1-2,7,11-13H,3-6,8-10H2,(H,19,23)(H,20,24). The maximum Gasteiger partial charge on any atom is 0.272 e. The van der Waals surface area contributed by atoms with Crippen LogP contribution in [0.15, 0.2) is 29.1 Å². The van der Waals surface area contributed by atoms with E-state index in [1.54, 1.807) is 18.7 Å². The fourth-order valence-corrected chi connectivity index (χ4v) is 3.25. The fraction of sp³-hybridized carbons (Fsp3) is 0.500. The lowest BCUT2D eigenvalue weighted by Crippen LogP contribution is -2.37. The molecule has 2 N–H and O–H groups in total. The first-order valence-electron chi connectivity index (χ1n) is 8.83. The maximum absolute atomic E-state index is 12.4. The highest BCUT2D eigenvalue weighted by Gasteiger charge is 2.29. The Balaban J connectivity index is 1.36. The van der Waals surface area contributed by atoms with Crippen LogP contribution in [0, 0.1) is 11.8 Å². The number of carbonyl (C=O) groups is 2. The lowest BCUT2D eigenvalue weighted by Gasteiger charge is -2.24. The van der Waals surface area contributed by atoms with E-state index in [-0.39, 0.29) is 17.7 Å². The van der Waals surface area contributed by atoms with Gasteiger partial charge in [-0.1, -0.05) is 0 Å². The van der Waals surface area contributed by atoms with E-state index in [4.69, 9.17) is 4.42 Å². The van der Waals surface area contributed by atoms with Gasteiger partial charge in [-0.05, 0) is 43.7 Å². The van der Waals surface area contributed by atoms with Crippen LogP contribution in [0.1, 0.15) is 41.2 Å². The zero-order chi connectivity index (χ0) is 17.2. The van der Waals surface area contributed by atoms with Crippen molar-refractivity contribution in [2.24, 2.45) is 11.8 Å². The lowest BCUT2D eigenvalue weighted by molar-refractivity contribution is -0.126. The van der Waals surface area contributed by atoms with Crippen LogP contribution in [0.25, 0.3) is 0 Å². The Bertz CT molecular complexity index is 761. The zero-order valence-corrected chi connectivity index (χ0v) is 14.0. The number of rotatable bonds is 6. The van der Waals surface area contributed by atoms with E-state index in [0.29, 0.717) is 36.9 Å². The van der Waals surface area contributed by atoms with Gasteiger partial charge in [0.2, 0.25) is 5.91 Å². The van der Waals surface area contributed by atoms with Gasteiger partial charge in [-0.2, -0.15) is 0 Å². The Morgan fingerprint density at radius 1 is 1.28 bits per heavy atom. The van der Waals surface area contributed by atoms with Crippen LogP contribution in [-0.2, 0) is 24.3 Å². The summed E-state index contributed by atoms with van der Waals surface area (Å²) in [6.45, 7) is 1.72. The minimum atomic E-state index is -0.207. The van der Waals surface area contributed by atoms with Crippen LogP contribution >= 0.6 is 0 Å². The number of carbonyl (C=O) groups excluding carboxylic acids is 2. The highest BCUT2D eigenvalue weighted by molar-refractivity contribution is 5.93. The molecular formula is C18H22N4O3. The van der Waals surface area contributed by atoms with Gasteiger partial charge in [-0.3, -0.25) is 9.59 Å². The van der Waals surface area contributed by atoms with Gasteiger partial charge in [0.1, 0.15) is 11.5 Å². The predicted molar refractivity (Wildman–Crippen MR) is 89.6 cm³/mol. The topological polar surface area (TPSA) is 89.2 Å². The van der Waals surface area contributed by atoms with E-state index in [0.717, 1.165) is 18.7 Å². The molecule has 0 radical (unpaired) electrons. The third-order valence-electron chi connectivity index (χ3n) is 4.94. The van der Waals surface area contributed by atoms with Gasteiger partial charge in [0.15, 0.2) is 0 Å². The van der Waals surface area contributed by atoms with Crippen molar-refractivity contribution < 1.29 is 14.0 Å². The van der Waals surface area contributed by atoms with Crippen molar-refractivity contribution in [2.45, 2.75) is 38.8 Å². The molecule has 0 bridgehead atoms. The van der Waals surface area contributed by atoms with E-state index < -0.39 is 0 Å². The van der Waals surface area contributed by atoms with Crippen molar-refractivity contribution in [2.75, 3.05) is 6.54 Å². The van der Waals surface area contributed by atoms with E-state index in [1.807, 2.05) is 10.6 Å². The second-order valence-electron chi connectivity index (χ2n) is 6.88. The Kier molecular flexibility index (Phi) is 4.29. The Labute approximate surface area is 145 Å². The SMILES string of the molecule is O=C(NCc1ccco1)c1ncn2c1CCC(C(=O)NCC1CC1)C2. The van der Waals surface area contributed by atoms with Crippen LogP contribution in [-0.4, -0.2) is 27.9 Å². The predicted octanol–water partition coefficient (Wildman–Crippen LogP) is 1.49. The number of fused-ring (bicyclic) bond motifs is 1. The van der Waals surface area contributed by atoms with Gasteiger partial charge in [-0.25, -0.2) is 4.98 Å². The molecule has 7 heteroatoms. The molecule has 2 aromatic rings. The normalized spacial score (nSPS) is 19.3. The number of aromatic nitrogens is 2. The molecule has 4 rings (SSSR count). The number of hydrogen-bond donors (Lipinski definition) is 2. The summed E-state index contributed by atoms with van der Waals surface area (Å²) in [6.07, 6.45) is 7.14. The van der Waals surface area contributed by atoms with Crippen LogP contribution in [0.4, 0.5) is 0 Å². The van der Waals surface area contributed by atoms with Gasteiger partial charge in [-0.15, -0.1) is 0 Å². The minimum absolute atomic E-state index is 0.0421. The average molecular weight is 342 g/mol. The number of furan rings is 1. The smallest absolute Gasteiger partial charge is 0.272 e. The van der Waals surface area contributed by atoms with Crippen molar-refractivity contribution in [1.29, 1.82) is 0 Å². The van der Waals surface area contributed by atoms with E-state index in [1.165, 1.54) is 12.8 Å². The largest absolute Gasteiger partial charge is 0.467 e. The molecule has 1 unspecified atom stereocenters. The van der Waals surface area contributed by atoms with Crippen molar-refractivity contribution in [3.63, 3.8) is 0 Å². The quantitative estimate of drug-likeness (QED) is 0.832. The minimum Gasteiger partial charge on any atom is -0.467 e. The Morgan fingerprint density at radius 3 is 2.92 bits per heavy atom. The molecule has 0 saturated heterocycles. The summed E-state index contributed by atoms with van der Waals surface area (Å²) in [4.78, 5) is 28.9. The molecule has 1 aliphatic heterocycles. The van der Waals surface area contributed by atoms with Crippen molar-refractivity contribution >= 4 is 11.8 Å². The van der Waals surface area contributed by atoms with Crippen LogP contribution < -0.4 is 10.6 Å². The first kappa shape index (κ1) is 15.9. The Morgan fingerprint density at radius 2 is 2.16 bits per heavy atom. The van der Waals surface area contributed by atoms with E-state index in [2.05, 4.69) is 15.6 Å². The van der Waals surface area contributed by atoms with Gasteiger partial charge >= 0.3 is 0 Å². The first-order chi connectivity index (χ1) is 12.2. The van der Waals surface area contributed by atoms with Crippen LogP contribution in [0.5, 0.6) is 0 Å². The molecule has 132 valence electrons. The molecular weight excluding hydrogens is 320 g/mol. The van der Waals surface area contributed by atoms with Crippen molar-refractivity contribution in [1.82, 2.24) is 20.2 Å². The molecule has 1 aliphatic carbocycles. The van der Waals surface area contributed by atoms with Gasteiger partial charge in [0, 0.05) is 13.1 Å². The van der Waals surface area contributed by atoms with Crippen LogP contribution in [0.3, 0.4) is 0 Å². The number of nitrogens with zero attached hydrogens (tertiary/aromatic N) is 2.